The first-order valence-corrected chi connectivity index (χ1v) is 9.81. The Balaban J connectivity index is 1.46. The smallest absolute Gasteiger partial charge is 0.289 e. The second kappa shape index (κ2) is 8.73. The van der Waals surface area contributed by atoms with Crippen LogP contribution >= 0.6 is 0 Å². The van der Waals surface area contributed by atoms with Crippen LogP contribution in [0, 0.1) is 5.92 Å². The maximum absolute atomic E-state index is 13.4. The number of rotatable bonds is 5. The molecule has 29 heavy (non-hydrogen) atoms. The number of piperidine rings is 1. The number of carbonyl (C=O) groups excluding carboxylic acids is 2. The Kier molecular flexibility index (Phi) is 5.70. The van der Waals surface area contributed by atoms with Crippen LogP contribution in [0.2, 0.25) is 0 Å². The van der Waals surface area contributed by atoms with Crippen LogP contribution in [0.4, 0.5) is 5.82 Å². The molecule has 0 spiro atoms. The van der Waals surface area contributed by atoms with E-state index in [0.29, 0.717) is 44.1 Å². The van der Waals surface area contributed by atoms with Crippen LogP contribution in [0.5, 0.6) is 0 Å². The summed E-state index contributed by atoms with van der Waals surface area (Å²) in [5.74, 6) is 0.787. The Bertz CT molecular complexity index is 934. The molecule has 0 radical (unpaired) electrons. The van der Waals surface area contributed by atoms with Crippen molar-refractivity contribution >= 4 is 17.6 Å². The first-order chi connectivity index (χ1) is 14.2. The molecule has 2 aromatic heterocycles. The minimum atomic E-state index is -0.138. The maximum atomic E-state index is 13.4. The molecule has 0 N–H and O–H groups in total. The SMILES string of the molecule is O=C(c1ccco1)N1CCC(C(=O)N(Cc2ccccc2)c2ccccn2)CC1. The Labute approximate surface area is 169 Å². The van der Waals surface area contributed by atoms with Crippen LogP contribution < -0.4 is 4.90 Å². The molecular weight excluding hydrogens is 366 g/mol. The van der Waals surface area contributed by atoms with Crippen molar-refractivity contribution in [2.24, 2.45) is 5.92 Å². The molecule has 1 aliphatic rings. The summed E-state index contributed by atoms with van der Waals surface area (Å²) in [7, 11) is 0. The second-order valence-corrected chi connectivity index (χ2v) is 7.14. The molecule has 4 rings (SSSR count). The van der Waals surface area contributed by atoms with Crippen molar-refractivity contribution in [2.45, 2.75) is 19.4 Å². The molecule has 3 aromatic rings. The average Bonchev–Trinajstić information content (AvgIpc) is 3.33. The van der Waals surface area contributed by atoms with Crippen LogP contribution in [-0.2, 0) is 11.3 Å². The quantitative estimate of drug-likeness (QED) is 0.666. The largest absolute Gasteiger partial charge is 0.459 e. The average molecular weight is 389 g/mol. The summed E-state index contributed by atoms with van der Waals surface area (Å²) < 4.78 is 5.21. The van der Waals surface area contributed by atoms with Gasteiger partial charge in [0.25, 0.3) is 5.91 Å². The highest BCUT2D eigenvalue weighted by Gasteiger charge is 2.32. The van der Waals surface area contributed by atoms with Crippen LogP contribution in [0.15, 0.2) is 77.5 Å². The van der Waals surface area contributed by atoms with Crippen molar-refractivity contribution in [1.29, 1.82) is 0 Å². The Morgan fingerprint density at radius 3 is 2.41 bits per heavy atom. The molecule has 148 valence electrons. The molecule has 2 amide bonds. The number of pyridine rings is 1. The van der Waals surface area contributed by atoms with Crippen molar-refractivity contribution in [2.75, 3.05) is 18.0 Å². The highest BCUT2D eigenvalue weighted by Crippen LogP contribution is 2.25. The number of hydrogen-bond donors (Lipinski definition) is 0. The van der Waals surface area contributed by atoms with E-state index in [1.54, 1.807) is 28.1 Å². The lowest BCUT2D eigenvalue weighted by Crippen LogP contribution is -2.44. The second-order valence-electron chi connectivity index (χ2n) is 7.14. The van der Waals surface area contributed by atoms with E-state index < -0.39 is 0 Å². The van der Waals surface area contributed by atoms with Gasteiger partial charge in [-0.1, -0.05) is 36.4 Å². The van der Waals surface area contributed by atoms with Gasteiger partial charge in [0, 0.05) is 25.2 Å². The number of carbonyl (C=O) groups is 2. The van der Waals surface area contributed by atoms with Gasteiger partial charge in [-0.05, 0) is 42.7 Å². The van der Waals surface area contributed by atoms with E-state index in [-0.39, 0.29) is 17.7 Å². The van der Waals surface area contributed by atoms with Gasteiger partial charge in [0.15, 0.2) is 5.76 Å². The molecule has 1 aliphatic heterocycles. The number of amides is 2. The van der Waals surface area contributed by atoms with E-state index in [1.165, 1.54) is 6.26 Å². The van der Waals surface area contributed by atoms with Crippen LogP contribution in [0.3, 0.4) is 0 Å². The van der Waals surface area contributed by atoms with Gasteiger partial charge in [0.05, 0.1) is 12.8 Å². The van der Waals surface area contributed by atoms with Crippen molar-refractivity contribution in [3.63, 3.8) is 0 Å². The van der Waals surface area contributed by atoms with Crippen molar-refractivity contribution < 1.29 is 14.0 Å². The summed E-state index contributed by atoms with van der Waals surface area (Å²) in [4.78, 5) is 33.7. The lowest BCUT2D eigenvalue weighted by atomic mass is 9.94. The number of aromatic nitrogens is 1. The summed E-state index contributed by atoms with van der Waals surface area (Å²) in [6.07, 6.45) is 4.45. The monoisotopic (exact) mass is 389 g/mol. The first kappa shape index (κ1) is 18.9. The van der Waals surface area contributed by atoms with Gasteiger partial charge in [-0.2, -0.15) is 0 Å². The Hall–Kier alpha value is -3.41. The number of likely N-dealkylation sites (tertiary alicyclic amines) is 1. The summed E-state index contributed by atoms with van der Waals surface area (Å²) in [6.45, 7) is 1.55. The van der Waals surface area contributed by atoms with Gasteiger partial charge in [0.2, 0.25) is 5.91 Å². The lowest BCUT2D eigenvalue weighted by molar-refractivity contribution is -0.123. The molecule has 6 heteroatoms. The Morgan fingerprint density at radius 2 is 1.76 bits per heavy atom. The van der Waals surface area contributed by atoms with Gasteiger partial charge >= 0.3 is 0 Å². The van der Waals surface area contributed by atoms with E-state index >= 15 is 0 Å². The summed E-state index contributed by atoms with van der Waals surface area (Å²) in [5, 5.41) is 0. The highest BCUT2D eigenvalue weighted by molar-refractivity contribution is 5.95. The van der Waals surface area contributed by atoms with E-state index in [2.05, 4.69) is 4.98 Å². The predicted molar refractivity (Wildman–Crippen MR) is 109 cm³/mol. The fourth-order valence-corrected chi connectivity index (χ4v) is 3.66. The zero-order chi connectivity index (χ0) is 20.1. The fraction of sp³-hybridized carbons (Fsp3) is 0.261. The van der Waals surface area contributed by atoms with Crippen LogP contribution in [0.25, 0.3) is 0 Å². The van der Waals surface area contributed by atoms with E-state index in [4.69, 9.17) is 4.42 Å². The normalized spacial score (nSPS) is 14.6. The molecule has 1 saturated heterocycles. The third kappa shape index (κ3) is 4.37. The van der Waals surface area contributed by atoms with Crippen molar-refractivity contribution in [1.82, 2.24) is 9.88 Å². The molecule has 1 aromatic carbocycles. The van der Waals surface area contributed by atoms with Gasteiger partial charge in [0.1, 0.15) is 5.82 Å². The van der Waals surface area contributed by atoms with E-state index in [1.807, 2.05) is 48.5 Å². The topological polar surface area (TPSA) is 66.7 Å². The molecule has 3 heterocycles. The van der Waals surface area contributed by atoms with E-state index in [9.17, 15) is 9.59 Å². The summed E-state index contributed by atoms with van der Waals surface area (Å²) in [5.41, 5.74) is 1.05. The molecule has 0 aliphatic carbocycles. The first-order valence-electron chi connectivity index (χ1n) is 9.81. The van der Waals surface area contributed by atoms with Crippen LogP contribution in [-0.4, -0.2) is 34.8 Å². The van der Waals surface area contributed by atoms with Crippen LogP contribution in [0.1, 0.15) is 29.0 Å². The minimum absolute atomic E-state index is 0.0534. The summed E-state index contributed by atoms with van der Waals surface area (Å²) >= 11 is 0. The molecule has 1 fully saturated rings. The number of anilines is 1. The third-order valence-electron chi connectivity index (χ3n) is 5.24. The van der Waals surface area contributed by atoms with Gasteiger partial charge in [-0.3, -0.25) is 14.5 Å². The molecule has 0 saturated carbocycles. The molecule has 0 atom stereocenters. The summed E-state index contributed by atoms with van der Waals surface area (Å²) in [6, 6.07) is 18.9. The third-order valence-corrected chi connectivity index (χ3v) is 5.24. The number of furan rings is 1. The van der Waals surface area contributed by atoms with Gasteiger partial charge < -0.3 is 9.32 Å². The highest BCUT2D eigenvalue weighted by atomic mass is 16.3. The molecule has 0 bridgehead atoms. The lowest BCUT2D eigenvalue weighted by Gasteiger charge is -2.33. The molecule has 0 unspecified atom stereocenters. The molecule has 6 nitrogen and oxygen atoms in total. The number of hydrogen-bond acceptors (Lipinski definition) is 4. The number of nitrogens with zero attached hydrogens (tertiary/aromatic N) is 3. The minimum Gasteiger partial charge on any atom is -0.459 e. The molecular formula is C23H23N3O3. The maximum Gasteiger partial charge on any atom is 0.289 e. The standard InChI is InChI=1S/C23H23N3O3/c27-22(19-11-14-25(15-12-19)23(28)20-9-6-16-29-20)26(21-10-4-5-13-24-21)17-18-7-2-1-3-8-18/h1-10,13,16,19H,11-12,14-15,17H2. The zero-order valence-corrected chi connectivity index (χ0v) is 16.1. The van der Waals surface area contributed by atoms with Gasteiger partial charge in [-0.15, -0.1) is 0 Å². The zero-order valence-electron chi connectivity index (χ0n) is 16.1. The number of benzene rings is 1. The van der Waals surface area contributed by atoms with E-state index in [0.717, 1.165) is 5.56 Å². The predicted octanol–water partition coefficient (Wildman–Crippen LogP) is 3.76. The fourth-order valence-electron chi connectivity index (χ4n) is 3.66. The van der Waals surface area contributed by atoms with Gasteiger partial charge in [-0.25, -0.2) is 4.98 Å². The van der Waals surface area contributed by atoms with Crippen molar-refractivity contribution in [3.8, 4) is 0 Å². The van der Waals surface area contributed by atoms with Crippen molar-refractivity contribution in [3.05, 3.63) is 84.4 Å². The Morgan fingerprint density at radius 1 is 1.00 bits per heavy atom.